The van der Waals surface area contributed by atoms with Crippen molar-refractivity contribution in [2.45, 2.75) is 37.1 Å². The summed E-state index contributed by atoms with van der Waals surface area (Å²) in [6.45, 7) is 3.08. The first kappa shape index (κ1) is 17.8. The summed E-state index contributed by atoms with van der Waals surface area (Å²) in [5.74, 6) is 6.22. The Bertz CT molecular complexity index is 785. The Hall–Kier alpha value is -1.23. The number of nitrogens with one attached hydrogen (secondary N) is 1. The Balaban J connectivity index is 1.12. The number of hydrogen-bond donors (Lipinski definition) is 1. The van der Waals surface area contributed by atoms with E-state index in [-0.39, 0.29) is 6.04 Å². The van der Waals surface area contributed by atoms with Crippen LogP contribution in [0.15, 0.2) is 53.0 Å². The highest BCUT2D eigenvalue weighted by Crippen LogP contribution is 2.74. The van der Waals surface area contributed by atoms with Crippen molar-refractivity contribution in [3.8, 4) is 0 Å². The third kappa shape index (κ3) is 2.97. The topological polar surface area (TPSA) is 38.3 Å². The van der Waals surface area contributed by atoms with Crippen LogP contribution in [0.3, 0.4) is 0 Å². The van der Waals surface area contributed by atoms with Crippen molar-refractivity contribution >= 4 is 11.1 Å². The lowest BCUT2D eigenvalue weighted by molar-refractivity contribution is -0.257. The van der Waals surface area contributed by atoms with Crippen molar-refractivity contribution in [2.24, 2.45) is 35.5 Å². The Morgan fingerprint density at radius 1 is 1.19 bits per heavy atom. The van der Waals surface area contributed by atoms with E-state index in [2.05, 4.69) is 30.5 Å². The molecule has 144 valence electrons. The van der Waals surface area contributed by atoms with Gasteiger partial charge in [-0.3, -0.25) is 4.18 Å². The van der Waals surface area contributed by atoms with Crippen LogP contribution < -0.4 is 5.32 Å². The van der Waals surface area contributed by atoms with Crippen LogP contribution in [0.25, 0.3) is 0 Å². The van der Waals surface area contributed by atoms with E-state index in [9.17, 15) is 4.21 Å². The molecule has 1 N–H and O–H groups in total. The van der Waals surface area contributed by atoms with Gasteiger partial charge in [0.05, 0.1) is 12.0 Å². The molecule has 5 atom stereocenters. The summed E-state index contributed by atoms with van der Waals surface area (Å²) in [6, 6.07) is 8.09. The molecule has 1 aromatic carbocycles. The Morgan fingerprint density at radius 3 is 2.48 bits per heavy atom. The maximum atomic E-state index is 11.6. The lowest BCUT2D eigenvalue weighted by Gasteiger charge is -2.74. The molecular weight excluding hydrogens is 354 g/mol. The number of allylic oxidation sites excluding steroid dienone is 2. The van der Waals surface area contributed by atoms with E-state index in [0.29, 0.717) is 4.90 Å². The molecule has 4 aliphatic rings. The van der Waals surface area contributed by atoms with E-state index in [1.807, 2.05) is 24.3 Å². The van der Waals surface area contributed by atoms with Crippen LogP contribution in [0.4, 0.5) is 0 Å². The standard InChI is InChI=1S/C23H29NO2S/c1-14(16-7-9-19(10-8-16)27(25)26-2)24-13-15-3-5-17(6-4-15)22-20-11-18-12-21(22)23(18)20/h3-5,7-10,14,17-18,20-24H,6,11-13H2,1-2H3. The number of hydrogen-bond acceptors (Lipinski definition) is 3. The second kappa shape index (κ2) is 6.98. The van der Waals surface area contributed by atoms with Crippen molar-refractivity contribution in [1.82, 2.24) is 5.32 Å². The van der Waals surface area contributed by atoms with Gasteiger partial charge in [0.2, 0.25) is 0 Å². The van der Waals surface area contributed by atoms with E-state index in [0.717, 1.165) is 42.1 Å². The second-order valence-electron chi connectivity index (χ2n) is 8.82. The summed E-state index contributed by atoms with van der Waals surface area (Å²) in [6.07, 6.45) is 11.6. The monoisotopic (exact) mass is 383 g/mol. The molecule has 27 heavy (non-hydrogen) atoms. The number of rotatable bonds is 7. The second-order valence-corrected chi connectivity index (χ2v) is 10.1. The lowest BCUT2D eigenvalue weighted by atomic mass is 9.30. The zero-order valence-electron chi connectivity index (χ0n) is 16.1. The van der Waals surface area contributed by atoms with Crippen LogP contribution in [0, 0.1) is 35.5 Å². The fraction of sp³-hybridized carbons (Fsp3) is 0.565. The van der Waals surface area contributed by atoms with Crippen molar-refractivity contribution in [3.63, 3.8) is 0 Å². The quantitative estimate of drug-likeness (QED) is 0.758. The largest absolute Gasteiger partial charge is 0.306 e. The van der Waals surface area contributed by atoms with Crippen LogP contribution in [0.1, 0.15) is 37.8 Å². The molecule has 4 aliphatic carbocycles. The molecule has 4 heteroatoms. The van der Waals surface area contributed by atoms with Crippen LogP contribution in [-0.2, 0) is 15.3 Å². The molecule has 0 spiro atoms. The van der Waals surface area contributed by atoms with Gasteiger partial charge in [-0.2, -0.15) is 0 Å². The average Bonchev–Trinajstić information content (AvgIpc) is 2.71. The van der Waals surface area contributed by atoms with Crippen molar-refractivity contribution in [3.05, 3.63) is 53.6 Å². The molecule has 0 heterocycles. The van der Waals surface area contributed by atoms with E-state index < -0.39 is 11.1 Å². The van der Waals surface area contributed by atoms with E-state index in [1.54, 1.807) is 0 Å². The van der Waals surface area contributed by atoms with Gasteiger partial charge in [0.1, 0.15) is 0 Å². The van der Waals surface area contributed by atoms with Crippen LogP contribution in [-0.4, -0.2) is 17.9 Å². The summed E-state index contributed by atoms with van der Waals surface area (Å²) in [7, 11) is 1.46. The fourth-order valence-corrected chi connectivity index (χ4v) is 6.68. The first-order valence-corrected chi connectivity index (χ1v) is 11.4. The van der Waals surface area contributed by atoms with Gasteiger partial charge in [-0.15, -0.1) is 0 Å². The molecule has 0 aliphatic heterocycles. The average molecular weight is 384 g/mol. The van der Waals surface area contributed by atoms with Gasteiger partial charge in [-0.25, -0.2) is 4.21 Å². The maximum Gasteiger partial charge on any atom is 0.188 e. The van der Waals surface area contributed by atoms with Gasteiger partial charge < -0.3 is 5.32 Å². The predicted molar refractivity (Wildman–Crippen MR) is 108 cm³/mol. The SMILES string of the molecule is COS(=O)c1ccc(C(C)NCC2=CCC(C3C4CC5CC3C54)C=C2)cc1. The molecule has 1 aromatic rings. The Kier molecular flexibility index (Phi) is 4.61. The van der Waals surface area contributed by atoms with Gasteiger partial charge in [0.25, 0.3) is 0 Å². The predicted octanol–water partition coefficient (Wildman–Crippen LogP) is 4.41. The third-order valence-corrected chi connectivity index (χ3v) is 8.67. The van der Waals surface area contributed by atoms with E-state index >= 15 is 0 Å². The fourth-order valence-electron chi connectivity index (χ4n) is 6.13. The smallest absolute Gasteiger partial charge is 0.188 e. The molecule has 0 bridgehead atoms. The van der Waals surface area contributed by atoms with Gasteiger partial charge in [-0.1, -0.05) is 30.4 Å². The number of benzene rings is 1. The summed E-state index contributed by atoms with van der Waals surface area (Å²) >= 11 is -1.36. The van der Waals surface area contributed by atoms with E-state index in [4.69, 9.17) is 4.18 Å². The lowest BCUT2D eigenvalue weighted by Crippen LogP contribution is -2.68. The summed E-state index contributed by atoms with van der Waals surface area (Å²) in [5.41, 5.74) is 2.61. The molecule has 0 saturated heterocycles. The van der Waals surface area contributed by atoms with Crippen molar-refractivity contribution in [2.75, 3.05) is 13.7 Å². The zero-order chi connectivity index (χ0) is 18.5. The first-order chi connectivity index (χ1) is 13.2. The van der Waals surface area contributed by atoms with Gasteiger partial charge in [0.15, 0.2) is 11.1 Å². The molecule has 5 rings (SSSR count). The Labute approximate surface area is 164 Å². The van der Waals surface area contributed by atoms with E-state index in [1.165, 1.54) is 37.5 Å². The minimum absolute atomic E-state index is 0.260. The highest BCUT2D eigenvalue weighted by molar-refractivity contribution is 7.80. The third-order valence-electron chi connectivity index (χ3n) is 7.71. The zero-order valence-corrected chi connectivity index (χ0v) is 17.0. The molecule has 3 fully saturated rings. The summed E-state index contributed by atoms with van der Waals surface area (Å²) < 4.78 is 16.5. The van der Waals surface area contributed by atoms with Crippen LogP contribution in [0.5, 0.6) is 0 Å². The minimum atomic E-state index is -1.36. The normalized spacial score (nSPS) is 37.9. The maximum absolute atomic E-state index is 11.6. The van der Waals surface area contributed by atoms with Gasteiger partial charge in [0, 0.05) is 12.6 Å². The van der Waals surface area contributed by atoms with Crippen molar-refractivity contribution < 1.29 is 8.39 Å². The summed E-state index contributed by atoms with van der Waals surface area (Å²) in [4.78, 5) is 0.708. The first-order valence-electron chi connectivity index (χ1n) is 10.3. The molecule has 3 saturated carbocycles. The summed E-state index contributed by atoms with van der Waals surface area (Å²) in [5, 5.41) is 3.62. The van der Waals surface area contributed by atoms with Gasteiger partial charge >= 0.3 is 0 Å². The highest BCUT2D eigenvalue weighted by atomic mass is 32.2. The highest BCUT2D eigenvalue weighted by Gasteiger charge is 2.68. The minimum Gasteiger partial charge on any atom is -0.306 e. The molecule has 0 radical (unpaired) electrons. The van der Waals surface area contributed by atoms with Crippen LogP contribution >= 0.6 is 0 Å². The molecule has 3 nitrogen and oxygen atoms in total. The molecule has 0 aromatic heterocycles. The molecule has 5 unspecified atom stereocenters. The molecular formula is C23H29NO2S. The van der Waals surface area contributed by atoms with Crippen LogP contribution in [0.2, 0.25) is 0 Å². The Morgan fingerprint density at radius 2 is 1.93 bits per heavy atom. The van der Waals surface area contributed by atoms with Crippen molar-refractivity contribution in [1.29, 1.82) is 0 Å². The molecule has 0 amide bonds. The van der Waals surface area contributed by atoms with Gasteiger partial charge in [-0.05, 0) is 85.0 Å².